The summed E-state index contributed by atoms with van der Waals surface area (Å²) < 4.78 is 7.45. The Morgan fingerprint density at radius 3 is 2.61 bits per heavy atom. The highest BCUT2D eigenvalue weighted by atomic mass is 35.5. The molecule has 0 radical (unpaired) electrons. The van der Waals surface area contributed by atoms with Crippen LogP contribution in [0.3, 0.4) is 0 Å². The summed E-state index contributed by atoms with van der Waals surface area (Å²) in [5.41, 5.74) is 1.63. The van der Waals surface area contributed by atoms with E-state index < -0.39 is 5.97 Å². The van der Waals surface area contributed by atoms with E-state index in [0.717, 1.165) is 17.6 Å². The van der Waals surface area contributed by atoms with Gasteiger partial charge < -0.3 is 14.4 Å². The monoisotopic (exact) mass is 329 g/mol. The van der Waals surface area contributed by atoms with Gasteiger partial charge in [0.2, 0.25) is 0 Å². The number of rotatable bonds is 5. The average Bonchev–Trinajstić information content (AvgIpc) is 2.87. The number of carboxylic acids is 1. The van der Waals surface area contributed by atoms with Crippen LogP contribution < -0.4 is 4.74 Å². The van der Waals surface area contributed by atoms with Crippen molar-refractivity contribution in [3.63, 3.8) is 0 Å². The molecule has 5 heteroatoms. The van der Waals surface area contributed by atoms with Gasteiger partial charge in [-0.05, 0) is 36.8 Å². The van der Waals surface area contributed by atoms with Crippen molar-refractivity contribution in [1.29, 1.82) is 0 Å². The second-order valence-corrected chi connectivity index (χ2v) is 5.60. The Bertz CT molecular complexity index is 856. The van der Waals surface area contributed by atoms with Crippen LogP contribution in [-0.2, 0) is 0 Å². The van der Waals surface area contributed by atoms with Crippen molar-refractivity contribution >= 4 is 28.5 Å². The van der Waals surface area contributed by atoms with Crippen LogP contribution in [0.4, 0.5) is 0 Å². The van der Waals surface area contributed by atoms with Gasteiger partial charge in [-0.3, -0.25) is 0 Å². The van der Waals surface area contributed by atoms with Gasteiger partial charge in [-0.2, -0.15) is 0 Å². The quantitative estimate of drug-likeness (QED) is 0.733. The van der Waals surface area contributed by atoms with Gasteiger partial charge in [0, 0.05) is 16.1 Å². The lowest BCUT2D eigenvalue weighted by Gasteiger charge is -2.09. The molecule has 3 aromatic rings. The Kier molecular flexibility index (Phi) is 4.26. The fraction of sp³-hybridized carbons (Fsp3) is 0.167. The van der Waals surface area contributed by atoms with Gasteiger partial charge in [0.15, 0.2) is 11.4 Å². The molecule has 1 aromatic heterocycles. The number of halogens is 1. The molecule has 2 aromatic carbocycles. The standard InChI is InChI=1S/C18H16ClNO3/c1-2-10-23-17-14-11-12(19)8-9-15(14)20(16(17)18(21)22)13-6-4-3-5-7-13/h3-9,11H,2,10H2,1H3,(H,21,22). The van der Waals surface area contributed by atoms with E-state index in [0.29, 0.717) is 22.8 Å². The van der Waals surface area contributed by atoms with Crippen LogP contribution in [0.15, 0.2) is 48.5 Å². The van der Waals surface area contributed by atoms with E-state index in [9.17, 15) is 9.90 Å². The fourth-order valence-corrected chi connectivity index (χ4v) is 2.80. The van der Waals surface area contributed by atoms with Gasteiger partial charge in [-0.25, -0.2) is 4.79 Å². The molecule has 3 rings (SSSR count). The smallest absolute Gasteiger partial charge is 0.356 e. The number of carbonyl (C=O) groups is 1. The first kappa shape index (κ1) is 15.4. The number of aromatic nitrogens is 1. The third-order valence-corrected chi connectivity index (χ3v) is 3.79. The molecular weight excluding hydrogens is 314 g/mol. The second kappa shape index (κ2) is 6.34. The molecule has 0 saturated carbocycles. The minimum atomic E-state index is -1.03. The number of benzene rings is 2. The van der Waals surface area contributed by atoms with Crippen LogP contribution in [0.5, 0.6) is 5.75 Å². The maximum Gasteiger partial charge on any atom is 0.356 e. The third-order valence-electron chi connectivity index (χ3n) is 3.55. The number of ether oxygens (including phenoxy) is 1. The molecule has 0 bridgehead atoms. The summed E-state index contributed by atoms with van der Waals surface area (Å²) >= 11 is 6.10. The number of hydrogen-bond donors (Lipinski definition) is 1. The predicted octanol–water partition coefficient (Wildman–Crippen LogP) is 4.77. The number of para-hydroxylation sites is 1. The van der Waals surface area contributed by atoms with E-state index in [1.807, 2.05) is 43.3 Å². The van der Waals surface area contributed by atoms with Crippen LogP contribution in [-0.4, -0.2) is 22.2 Å². The molecule has 0 aliphatic heterocycles. The zero-order chi connectivity index (χ0) is 16.4. The normalized spacial score (nSPS) is 10.9. The first-order valence-corrected chi connectivity index (χ1v) is 7.76. The van der Waals surface area contributed by atoms with Gasteiger partial charge in [-0.1, -0.05) is 36.7 Å². The summed E-state index contributed by atoms with van der Waals surface area (Å²) in [4.78, 5) is 11.9. The molecule has 0 amide bonds. The zero-order valence-corrected chi connectivity index (χ0v) is 13.4. The first-order chi connectivity index (χ1) is 11.1. The number of aromatic carboxylic acids is 1. The highest BCUT2D eigenvalue weighted by Crippen LogP contribution is 2.37. The average molecular weight is 330 g/mol. The van der Waals surface area contributed by atoms with Crippen LogP contribution in [0.1, 0.15) is 23.8 Å². The van der Waals surface area contributed by atoms with Crippen LogP contribution in [0.25, 0.3) is 16.6 Å². The summed E-state index contributed by atoms with van der Waals surface area (Å²) in [6, 6.07) is 14.7. The largest absolute Gasteiger partial charge is 0.490 e. The topological polar surface area (TPSA) is 51.5 Å². The first-order valence-electron chi connectivity index (χ1n) is 7.39. The maximum atomic E-state index is 11.9. The fourth-order valence-electron chi connectivity index (χ4n) is 2.62. The molecule has 118 valence electrons. The van der Waals surface area contributed by atoms with Crippen LogP contribution >= 0.6 is 11.6 Å². The van der Waals surface area contributed by atoms with Crippen molar-refractivity contribution in [2.75, 3.05) is 6.61 Å². The maximum absolute atomic E-state index is 11.9. The number of carboxylic acid groups (broad SMARTS) is 1. The molecule has 4 nitrogen and oxygen atoms in total. The Balaban J connectivity index is 2.37. The molecule has 0 aliphatic rings. The molecule has 1 heterocycles. The van der Waals surface area contributed by atoms with E-state index in [4.69, 9.17) is 16.3 Å². The second-order valence-electron chi connectivity index (χ2n) is 5.16. The number of hydrogen-bond acceptors (Lipinski definition) is 2. The molecule has 0 fully saturated rings. The van der Waals surface area contributed by atoms with E-state index in [1.165, 1.54) is 0 Å². The van der Waals surface area contributed by atoms with Crippen molar-refractivity contribution < 1.29 is 14.6 Å². The van der Waals surface area contributed by atoms with E-state index in [2.05, 4.69) is 0 Å². The lowest BCUT2D eigenvalue weighted by Crippen LogP contribution is -2.09. The molecule has 1 N–H and O–H groups in total. The summed E-state index contributed by atoms with van der Waals surface area (Å²) in [6.45, 7) is 2.42. The third kappa shape index (κ3) is 2.78. The summed E-state index contributed by atoms with van der Waals surface area (Å²) in [5.74, 6) is -0.673. The lowest BCUT2D eigenvalue weighted by atomic mass is 10.2. The predicted molar refractivity (Wildman–Crippen MR) is 91.0 cm³/mol. The summed E-state index contributed by atoms with van der Waals surface area (Å²) in [6.07, 6.45) is 0.789. The minimum absolute atomic E-state index is 0.113. The van der Waals surface area contributed by atoms with Gasteiger partial charge in [0.25, 0.3) is 0 Å². The summed E-state index contributed by atoms with van der Waals surface area (Å²) in [7, 11) is 0. The molecule has 0 aliphatic carbocycles. The van der Waals surface area contributed by atoms with E-state index in [-0.39, 0.29) is 5.69 Å². The molecule has 0 spiro atoms. The summed E-state index contributed by atoms with van der Waals surface area (Å²) in [5, 5.41) is 11.0. The number of fused-ring (bicyclic) bond motifs is 1. The van der Waals surface area contributed by atoms with Gasteiger partial charge in [0.1, 0.15) is 0 Å². The van der Waals surface area contributed by atoms with Gasteiger partial charge >= 0.3 is 5.97 Å². The zero-order valence-electron chi connectivity index (χ0n) is 12.6. The van der Waals surface area contributed by atoms with Gasteiger partial charge in [-0.15, -0.1) is 0 Å². The highest BCUT2D eigenvalue weighted by Gasteiger charge is 2.25. The molecule has 23 heavy (non-hydrogen) atoms. The highest BCUT2D eigenvalue weighted by molar-refractivity contribution is 6.31. The van der Waals surface area contributed by atoms with Crippen LogP contribution in [0.2, 0.25) is 5.02 Å². The SMILES string of the molecule is CCCOc1c(C(=O)O)n(-c2ccccc2)c2ccc(Cl)cc12. The lowest BCUT2D eigenvalue weighted by molar-refractivity contribution is 0.0684. The number of nitrogens with zero attached hydrogens (tertiary/aromatic N) is 1. The molecule has 0 saturated heterocycles. The Morgan fingerprint density at radius 1 is 1.22 bits per heavy atom. The van der Waals surface area contributed by atoms with Crippen molar-refractivity contribution in [2.45, 2.75) is 13.3 Å². The van der Waals surface area contributed by atoms with Crippen LogP contribution in [0, 0.1) is 0 Å². The molecular formula is C18H16ClNO3. The molecule has 0 atom stereocenters. The van der Waals surface area contributed by atoms with Crippen molar-refractivity contribution in [3.05, 3.63) is 59.2 Å². The van der Waals surface area contributed by atoms with Crippen molar-refractivity contribution in [1.82, 2.24) is 4.57 Å². The Hall–Kier alpha value is -2.46. The Labute approximate surface area is 138 Å². The van der Waals surface area contributed by atoms with Gasteiger partial charge in [0.05, 0.1) is 12.1 Å². The van der Waals surface area contributed by atoms with E-state index in [1.54, 1.807) is 16.7 Å². The Morgan fingerprint density at radius 2 is 1.96 bits per heavy atom. The minimum Gasteiger partial charge on any atom is -0.490 e. The molecule has 0 unspecified atom stereocenters. The van der Waals surface area contributed by atoms with E-state index >= 15 is 0 Å². The van der Waals surface area contributed by atoms with Crippen molar-refractivity contribution in [2.24, 2.45) is 0 Å². The van der Waals surface area contributed by atoms with Crippen molar-refractivity contribution in [3.8, 4) is 11.4 Å².